The molecule has 1 aliphatic heterocycles. The normalized spacial score (nSPS) is 33.5. The van der Waals surface area contributed by atoms with Crippen molar-refractivity contribution < 1.29 is 14.3 Å². The first-order valence-electron chi connectivity index (χ1n) is 4.34. The Balaban J connectivity index is 2.99. The second-order valence-electron chi connectivity index (χ2n) is 3.59. The third-order valence-corrected chi connectivity index (χ3v) is 2.50. The van der Waals surface area contributed by atoms with E-state index < -0.39 is 5.72 Å². The van der Waals surface area contributed by atoms with Gasteiger partial charge in [-0.25, -0.2) is 0 Å². The molecule has 0 spiro atoms. The first kappa shape index (κ1) is 10.2. The highest BCUT2D eigenvalue weighted by Crippen LogP contribution is 2.28. The quantitative estimate of drug-likeness (QED) is 0.599. The van der Waals surface area contributed by atoms with Gasteiger partial charge >= 0.3 is 0 Å². The number of hydrogen-bond acceptors (Lipinski definition) is 3. The fraction of sp³-hybridized carbons (Fsp3) is 0.778. The molecule has 1 rings (SSSR count). The number of rotatable bonds is 1. The Morgan fingerprint density at radius 2 is 2.00 bits per heavy atom. The molecular weight excluding hydrogens is 170 g/mol. The van der Waals surface area contributed by atoms with E-state index in [0.717, 1.165) is 0 Å². The molecule has 0 N–H and O–H groups in total. The number of ketones is 1. The summed E-state index contributed by atoms with van der Waals surface area (Å²) in [5.74, 6) is -0.255. The number of carbonyl (C=O) groups is 2. The van der Waals surface area contributed by atoms with Crippen LogP contribution in [0.15, 0.2) is 0 Å². The lowest BCUT2D eigenvalue weighted by Crippen LogP contribution is -2.52. The molecule has 0 saturated carbocycles. The molecule has 2 unspecified atom stereocenters. The lowest BCUT2D eigenvalue weighted by molar-refractivity contribution is -0.160. The van der Waals surface area contributed by atoms with E-state index in [1.807, 2.05) is 6.92 Å². The summed E-state index contributed by atoms with van der Waals surface area (Å²) in [5, 5.41) is 0. The summed E-state index contributed by atoms with van der Waals surface area (Å²) in [6, 6.07) is -0.0219. The summed E-state index contributed by atoms with van der Waals surface area (Å²) in [4.78, 5) is 24.1. The van der Waals surface area contributed by atoms with Crippen LogP contribution in [0.25, 0.3) is 0 Å². The third-order valence-electron chi connectivity index (χ3n) is 2.50. The van der Waals surface area contributed by atoms with Crippen LogP contribution < -0.4 is 0 Å². The van der Waals surface area contributed by atoms with Crippen molar-refractivity contribution in [1.82, 2.24) is 4.90 Å². The smallest absolute Gasteiger partial charge is 0.222 e. The number of Topliss-reactive ketones (excluding diaryl/α,β-unsaturated/α-hetero) is 1. The van der Waals surface area contributed by atoms with Crippen molar-refractivity contribution in [3.63, 3.8) is 0 Å². The van der Waals surface area contributed by atoms with Gasteiger partial charge in [0.2, 0.25) is 5.91 Å². The molecule has 0 aromatic heterocycles. The van der Waals surface area contributed by atoms with Gasteiger partial charge in [-0.2, -0.15) is 0 Å². The lowest BCUT2D eigenvalue weighted by atomic mass is 10.1. The first-order valence-corrected chi connectivity index (χ1v) is 4.34. The molecule has 1 saturated heterocycles. The first-order chi connectivity index (χ1) is 5.89. The Morgan fingerprint density at radius 3 is 2.31 bits per heavy atom. The van der Waals surface area contributed by atoms with Crippen molar-refractivity contribution in [2.75, 3.05) is 6.61 Å². The van der Waals surface area contributed by atoms with Crippen LogP contribution in [-0.4, -0.2) is 35.0 Å². The number of nitrogens with zero attached hydrogens (tertiary/aromatic N) is 1. The number of ether oxygens (including phenoxy) is 1. The Bertz CT molecular complexity index is 251. The molecule has 2 atom stereocenters. The highest BCUT2D eigenvalue weighted by Gasteiger charge is 2.47. The van der Waals surface area contributed by atoms with E-state index in [2.05, 4.69) is 0 Å². The molecule has 1 fully saturated rings. The molecular formula is C9H15NO3. The zero-order chi connectivity index (χ0) is 10.2. The van der Waals surface area contributed by atoms with E-state index >= 15 is 0 Å². The second kappa shape index (κ2) is 3.10. The number of hydrogen-bond donors (Lipinski definition) is 0. The molecule has 1 amide bonds. The molecule has 0 aromatic rings. The van der Waals surface area contributed by atoms with Gasteiger partial charge in [0, 0.05) is 6.92 Å². The summed E-state index contributed by atoms with van der Waals surface area (Å²) < 4.78 is 5.34. The Kier molecular flexibility index (Phi) is 2.43. The summed E-state index contributed by atoms with van der Waals surface area (Å²) >= 11 is 0. The molecule has 74 valence electrons. The van der Waals surface area contributed by atoms with Gasteiger partial charge in [0.1, 0.15) is 0 Å². The van der Waals surface area contributed by atoms with E-state index in [-0.39, 0.29) is 17.7 Å². The topological polar surface area (TPSA) is 46.6 Å². The molecule has 0 aliphatic carbocycles. The maximum atomic E-state index is 11.3. The molecule has 4 nitrogen and oxygen atoms in total. The summed E-state index contributed by atoms with van der Waals surface area (Å²) in [7, 11) is 0. The maximum absolute atomic E-state index is 11.3. The van der Waals surface area contributed by atoms with Gasteiger partial charge in [0.15, 0.2) is 11.5 Å². The van der Waals surface area contributed by atoms with E-state index in [1.165, 1.54) is 18.7 Å². The zero-order valence-corrected chi connectivity index (χ0v) is 8.46. The molecule has 13 heavy (non-hydrogen) atoms. The Morgan fingerprint density at radius 1 is 1.46 bits per heavy atom. The lowest BCUT2D eigenvalue weighted by Gasteiger charge is -2.32. The fourth-order valence-electron chi connectivity index (χ4n) is 1.73. The van der Waals surface area contributed by atoms with Crippen molar-refractivity contribution in [1.29, 1.82) is 0 Å². The van der Waals surface area contributed by atoms with Crippen molar-refractivity contribution in [2.24, 2.45) is 0 Å². The van der Waals surface area contributed by atoms with Crippen LogP contribution in [0, 0.1) is 0 Å². The largest absolute Gasteiger partial charge is 0.346 e. The van der Waals surface area contributed by atoms with Gasteiger partial charge < -0.3 is 9.64 Å². The van der Waals surface area contributed by atoms with Gasteiger partial charge in [0.05, 0.1) is 12.6 Å². The molecule has 1 aliphatic rings. The van der Waals surface area contributed by atoms with Crippen LogP contribution in [0.2, 0.25) is 0 Å². The number of amides is 1. The molecule has 4 heteroatoms. The van der Waals surface area contributed by atoms with Crippen LogP contribution in [0.5, 0.6) is 0 Å². The maximum Gasteiger partial charge on any atom is 0.222 e. The molecule has 0 radical (unpaired) electrons. The second-order valence-corrected chi connectivity index (χ2v) is 3.59. The highest BCUT2D eigenvalue weighted by molar-refractivity contribution is 5.89. The standard InChI is InChI=1S/C9H15NO3/c1-6-5-13-9(4,7(2)11)10(6)8(3)12/h6H,5H2,1-4H3. The van der Waals surface area contributed by atoms with Gasteiger partial charge in [-0.05, 0) is 20.8 Å². The number of carbonyl (C=O) groups excluding carboxylic acids is 2. The average molecular weight is 185 g/mol. The summed E-state index contributed by atoms with van der Waals surface area (Å²) in [5.41, 5.74) is -1.05. The van der Waals surface area contributed by atoms with Crippen LogP contribution in [-0.2, 0) is 14.3 Å². The molecule has 1 heterocycles. The summed E-state index contributed by atoms with van der Waals surface area (Å²) in [6.07, 6.45) is 0. The predicted molar refractivity (Wildman–Crippen MR) is 47.0 cm³/mol. The Hall–Kier alpha value is -0.900. The van der Waals surface area contributed by atoms with Crippen molar-refractivity contribution >= 4 is 11.7 Å². The van der Waals surface area contributed by atoms with Crippen molar-refractivity contribution in [3.05, 3.63) is 0 Å². The average Bonchev–Trinajstić information content (AvgIpc) is 2.28. The highest BCUT2D eigenvalue weighted by atomic mass is 16.5. The molecule has 0 aromatic carbocycles. The minimum absolute atomic E-state index is 0.0219. The van der Waals surface area contributed by atoms with Crippen LogP contribution in [0.4, 0.5) is 0 Å². The van der Waals surface area contributed by atoms with Crippen LogP contribution in [0.1, 0.15) is 27.7 Å². The Labute approximate surface area is 77.8 Å². The van der Waals surface area contributed by atoms with Crippen LogP contribution in [0.3, 0.4) is 0 Å². The van der Waals surface area contributed by atoms with E-state index in [0.29, 0.717) is 6.61 Å². The van der Waals surface area contributed by atoms with Gasteiger partial charge in [-0.1, -0.05) is 0 Å². The van der Waals surface area contributed by atoms with Gasteiger partial charge in [0.25, 0.3) is 0 Å². The predicted octanol–water partition coefficient (Wildman–Crippen LogP) is 0.559. The minimum Gasteiger partial charge on any atom is -0.346 e. The van der Waals surface area contributed by atoms with Crippen molar-refractivity contribution in [2.45, 2.75) is 39.5 Å². The van der Waals surface area contributed by atoms with E-state index in [4.69, 9.17) is 4.74 Å². The fourth-order valence-corrected chi connectivity index (χ4v) is 1.73. The van der Waals surface area contributed by atoms with E-state index in [9.17, 15) is 9.59 Å². The van der Waals surface area contributed by atoms with Gasteiger partial charge in [-0.3, -0.25) is 9.59 Å². The van der Waals surface area contributed by atoms with E-state index in [1.54, 1.807) is 6.92 Å². The summed E-state index contributed by atoms with van der Waals surface area (Å²) in [6.45, 7) is 6.83. The minimum atomic E-state index is -1.05. The van der Waals surface area contributed by atoms with Gasteiger partial charge in [-0.15, -0.1) is 0 Å². The van der Waals surface area contributed by atoms with Crippen molar-refractivity contribution in [3.8, 4) is 0 Å². The third kappa shape index (κ3) is 1.46. The zero-order valence-electron chi connectivity index (χ0n) is 8.46. The van der Waals surface area contributed by atoms with Crippen LogP contribution >= 0.6 is 0 Å². The SMILES string of the molecule is CC(=O)N1C(C)COC1(C)C(C)=O. The molecule has 0 bridgehead atoms. The monoisotopic (exact) mass is 185 g/mol.